The van der Waals surface area contributed by atoms with Crippen molar-refractivity contribution in [2.45, 2.75) is 4.90 Å². The molecule has 0 aliphatic heterocycles. The molecular formula is C14H12ClNO5S. The Morgan fingerprint density at radius 2 is 1.86 bits per heavy atom. The summed E-state index contributed by atoms with van der Waals surface area (Å²) in [5.41, 5.74) is 0.421. The van der Waals surface area contributed by atoms with Crippen molar-refractivity contribution in [3.63, 3.8) is 0 Å². The number of carboxylic acids is 1. The monoisotopic (exact) mass is 341 g/mol. The van der Waals surface area contributed by atoms with Gasteiger partial charge in [0.2, 0.25) is 0 Å². The Hall–Kier alpha value is -2.25. The Morgan fingerprint density at radius 3 is 2.45 bits per heavy atom. The molecule has 116 valence electrons. The van der Waals surface area contributed by atoms with E-state index in [-0.39, 0.29) is 15.7 Å². The van der Waals surface area contributed by atoms with Gasteiger partial charge < -0.3 is 9.84 Å². The van der Waals surface area contributed by atoms with E-state index < -0.39 is 22.6 Å². The molecule has 0 heterocycles. The number of anilines is 1. The van der Waals surface area contributed by atoms with E-state index in [1.807, 2.05) is 0 Å². The molecular weight excluding hydrogens is 330 g/mol. The summed E-state index contributed by atoms with van der Waals surface area (Å²) in [6.45, 7) is -0.561. The molecule has 0 atom stereocenters. The Morgan fingerprint density at radius 1 is 1.18 bits per heavy atom. The fourth-order valence-electron chi connectivity index (χ4n) is 1.63. The normalized spacial score (nSPS) is 11.0. The Bertz CT molecular complexity index is 777. The summed E-state index contributed by atoms with van der Waals surface area (Å²) < 4.78 is 31.8. The Labute approximate surface area is 132 Å². The summed E-state index contributed by atoms with van der Waals surface area (Å²) >= 11 is 5.91. The molecule has 0 aliphatic rings. The molecule has 0 aromatic heterocycles. The van der Waals surface area contributed by atoms with Crippen molar-refractivity contribution < 1.29 is 23.1 Å². The summed E-state index contributed by atoms with van der Waals surface area (Å²) in [6, 6.07) is 12.2. The second kappa shape index (κ2) is 6.67. The predicted molar refractivity (Wildman–Crippen MR) is 81.8 cm³/mol. The molecule has 0 saturated heterocycles. The fraction of sp³-hybridized carbons (Fsp3) is 0.0714. The summed E-state index contributed by atoms with van der Waals surface area (Å²) in [6.07, 6.45) is 0. The highest BCUT2D eigenvalue weighted by atomic mass is 35.5. The second-order valence-corrected chi connectivity index (χ2v) is 6.34. The van der Waals surface area contributed by atoms with Gasteiger partial charge in [-0.25, -0.2) is 13.2 Å². The van der Waals surface area contributed by atoms with E-state index in [4.69, 9.17) is 21.4 Å². The van der Waals surface area contributed by atoms with Crippen LogP contribution in [-0.4, -0.2) is 26.1 Å². The molecule has 0 amide bonds. The average Bonchev–Trinajstić information content (AvgIpc) is 2.46. The number of para-hydroxylation sites is 1. The molecule has 6 nitrogen and oxygen atoms in total. The molecule has 8 heteroatoms. The molecule has 0 bridgehead atoms. The predicted octanol–water partition coefficient (Wildman–Crippen LogP) is 2.60. The van der Waals surface area contributed by atoms with Crippen LogP contribution in [0.25, 0.3) is 0 Å². The van der Waals surface area contributed by atoms with Crippen LogP contribution in [0.15, 0.2) is 53.4 Å². The van der Waals surface area contributed by atoms with Gasteiger partial charge in [-0.2, -0.15) is 0 Å². The topological polar surface area (TPSA) is 92.7 Å². The van der Waals surface area contributed by atoms with E-state index in [0.717, 1.165) is 0 Å². The Kier molecular flexibility index (Phi) is 4.89. The third-order valence-corrected chi connectivity index (χ3v) is 4.27. The number of hydrogen-bond donors (Lipinski definition) is 2. The van der Waals surface area contributed by atoms with Crippen molar-refractivity contribution in [2.75, 3.05) is 11.3 Å². The molecule has 0 spiro atoms. The van der Waals surface area contributed by atoms with Crippen molar-refractivity contribution >= 4 is 33.3 Å². The lowest BCUT2D eigenvalue weighted by Gasteiger charge is -2.10. The van der Waals surface area contributed by atoms with Gasteiger partial charge in [-0.05, 0) is 30.3 Å². The molecule has 22 heavy (non-hydrogen) atoms. The number of ether oxygens (including phenoxy) is 1. The van der Waals surface area contributed by atoms with Crippen molar-refractivity contribution in [3.05, 3.63) is 53.6 Å². The number of carboxylic acid groups (broad SMARTS) is 1. The fourth-order valence-corrected chi connectivity index (χ4v) is 3.01. The molecule has 2 aromatic carbocycles. The lowest BCUT2D eigenvalue weighted by Crippen LogP contribution is -2.13. The zero-order valence-corrected chi connectivity index (χ0v) is 12.8. The van der Waals surface area contributed by atoms with Crippen LogP contribution < -0.4 is 9.46 Å². The van der Waals surface area contributed by atoms with Gasteiger partial charge >= 0.3 is 5.97 Å². The van der Waals surface area contributed by atoms with Crippen LogP contribution in [0.3, 0.4) is 0 Å². The lowest BCUT2D eigenvalue weighted by molar-refractivity contribution is -0.139. The SMILES string of the molecule is O=C(O)COc1ccc(S(=O)(=O)Nc2ccccc2)cc1Cl. The number of aliphatic carboxylic acids is 1. The molecule has 2 rings (SSSR count). The van der Waals surface area contributed by atoms with Crippen molar-refractivity contribution in [1.82, 2.24) is 0 Å². The van der Waals surface area contributed by atoms with Crippen molar-refractivity contribution in [3.8, 4) is 5.75 Å². The minimum Gasteiger partial charge on any atom is -0.480 e. The number of halogens is 1. The highest BCUT2D eigenvalue weighted by Gasteiger charge is 2.16. The molecule has 2 aromatic rings. The van der Waals surface area contributed by atoms with E-state index in [0.29, 0.717) is 5.69 Å². The minimum absolute atomic E-state index is 0.0113. The first-order valence-corrected chi connectivity index (χ1v) is 7.96. The van der Waals surface area contributed by atoms with Crippen molar-refractivity contribution in [2.24, 2.45) is 0 Å². The van der Waals surface area contributed by atoms with E-state index in [2.05, 4.69) is 4.72 Å². The van der Waals surface area contributed by atoms with Gasteiger partial charge in [0.05, 0.1) is 9.92 Å². The Balaban J connectivity index is 2.21. The average molecular weight is 342 g/mol. The molecule has 0 radical (unpaired) electrons. The molecule has 0 fully saturated rings. The summed E-state index contributed by atoms with van der Waals surface area (Å²) in [7, 11) is -3.79. The zero-order chi connectivity index (χ0) is 16.2. The van der Waals surface area contributed by atoms with Gasteiger partial charge in [0.1, 0.15) is 5.75 Å². The largest absolute Gasteiger partial charge is 0.480 e. The standard InChI is InChI=1S/C14H12ClNO5S/c15-12-8-11(6-7-13(12)21-9-14(17)18)22(19,20)16-10-4-2-1-3-5-10/h1-8,16H,9H2,(H,17,18). The first-order chi connectivity index (χ1) is 10.4. The number of hydrogen-bond acceptors (Lipinski definition) is 4. The number of carbonyl (C=O) groups is 1. The molecule has 0 saturated carbocycles. The number of benzene rings is 2. The maximum Gasteiger partial charge on any atom is 0.341 e. The lowest BCUT2D eigenvalue weighted by atomic mass is 10.3. The molecule has 0 aliphatic carbocycles. The van der Waals surface area contributed by atoms with E-state index in [1.54, 1.807) is 30.3 Å². The van der Waals surface area contributed by atoms with Gasteiger partial charge in [-0.15, -0.1) is 0 Å². The summed E-state index contributed by atoms with van der Waals surface area (Å²) in [5, 5.41) is 8.55. The van der Waals surface area contributed by atoms with Gasteiger partial charge in [0.25, 0.3) is 10.0 Å². The number of nitrogens with one attached hydrogen (secondary N) is 1. The highest BCUT2D eigenvalue weighted by Crippen LogP contribution is 2.28. The van der Waals surface area contributed by atoms with E-state index in [9.17, 15) is 13.2 Å². The third-order valence-electron chi connectivity index (χ3n) is 2.59. The van der Waals surface area contributed by atoms with Gasteiger partial charge in [-0.3, -0.25) is 4.72 Å². The van der Waals surface area contributed by atoms with E-state index >= 15 is 0 Å². The quantitative estimate of drug-likeness (QED) is 0.842. The van der Waals surface area contributed by atoms with Gasteiger partial charge in [0, 0.05) is 5.69 Å². The first kappa shape index (κ1) is 16.1. The maximum atomic E-state index is 12.2. The van der Waals surface area contributed by atoms with Crippen LogP contribution in [0.4, 0.5) is 5.69 Å². The van der Waals surface area contributed by atoms with Crippen LogP contribution in [-0.2, 0) is 14.8 Å². The van der Waals surface area contributed by atoms with E-state index in [1.165, 1.54) is 18.2 Å². The maximum absolute atomic E-state index is 12.2. The number of sulfonamides is 1. The van der Waals surface area contributed by atoms with Gasteiger partial charge in [-0.1, -0.05) is 29.8 Å². The van der Waals surface area contributed by atoms with Crippen LogP contribution in [0, 0.1) is 0 Å². The minimum atomic E-state index is -3.79. The first-order valence-electron chi connectivity index (χ1n) is 6.10. The number of rotatable bonds is 6. The molecule has 2 N–H and O–H groups in total. The second-order valence-electron chi connectivity index (χ2n) is 4.25. The summed E-state index contributed by atoms with van der Waals surface area (Å²) in [4.78, 5) is 10.4. The third kappa shape index (κ3) is 4.12. The van der Waals surface area contributed by atoms with Gasteiger partial charge in [0.15, 0.2) is 6.61 Å². The van der Waals surface area contributed by atoms with Crippen LogP contribution in [0.5, 0.6) is 5.75 Å². The van der Waals surface area contributed by atoms with Crippen molar-refractivity contribution in [1.29, 1.82) is 0 Å². The molecule has 0 unspecified atom stereocenters. The van der Waals surface area contributed by atoms with Crippen LogP contribution in [0.2, 0.25) is 5.02 Å². The summed E-state index contributed by atoms with van der Waals surface area (Å²) in [5.74, 6) is -1.05. The smallest absolute Gasteiger partial charge is 0.341 e. The zero-order valence-electron chi connectivity index (χ0n) is 11.2. The van der Waals surface area contributed by atoms with Crippen LogP contribution >= 0.6 is 11.6 Å². The highest BCUT2D eigenvalue weighted by molar-refractivity contribution is 7.92. The van der Waals surface area contributed by atoms with Crippen LogP contribution in [0.1, 0.15) is 0 Å².